The van der Waals surface area contributed by atoms with Crippen LogP contribution in [0.2, 0.25) is 0 Å². The van der Waals surface area contributed by atoms with Gasteiger partial charge in [-0.25, -0.2) is 0 Å². The van der Waals surface area contributed by atoms with Crippen molar-refractivity contribution in [3.8, 4) is 0 Å². The lowest BCUT2D eigenvalue weighted by atomic mass is 9.88. The zero-order chi connectivity index (χ0) is 10.6. The van der Waals surface area contributed by atoms with Gasteiger partial charge in [-0.1, -0.05) is 19.3 Å². The summed E-state index contributed by atoms with van der Waals surface area (Å²) in [5.41, 5.74) is 0. The third-order valence-corrected chi connectivity index (χ3v) is 3.52. The van der Waals surface area contributed by atoms with Gasteiger partial charge >= 0.3 is 0 Å². The Morgan fingerprint density at radius 3 is 1.86 bits per heavy atom. The van der Waals surface area contributed by atoms with E-state index in [-0.39, 0.29) is 0 Å². The molecule has 1 heteroatoms. The quantitative estimate of drug-likeness (QED) is 0.664. The van der Waals surface area contributed by atoms with Crippen LogP contribution in [-0.4, -0.2) is 23.5 Å². The lowest BCUT2D eigenvalue weighted by Crippen LogP contribution is -2.40. The van der Waals surface area contributed by atoms with E-state index in [0.29, 0.717) is 12.1 Å². The Hall–Kier alpha value is -0.0400. The summed E-state index contributed by atoms with van der Waals surface area (Å²) in [6.45, 7) is 10.6. The van der Waals surface area contributed by atoms with Gasteiger partial charge in [0, 0.05) is 18.6 Å². The minimum Gasteiger partial charge on any atom is -0.298 e. The highest BCUT2D eigenvalue weighted by atomic mass is 15.2. The van der Waals surface area contributed by atoms with Crippen molar-refractivity contribution in [3.05, 3.63) is 0 Å². The SMILES string of the molecule is CC(C)N(CC1CCCCC1)C(C)C. The van der Waals surface area contributed by atoms with Crippen LogP contribution in [-0.2, 0) is 0 Å². The summed E-state index contributed by atoms with van der Waals surface area (Å²) in [6, 6.07) is 1.41. The van der Waals surface area contributed by atoms with Crippen LogP contribution in [0.5, 0.6) is 0 Å². The van der Waals surface area contributed by atoms with Crippen LogP contribution >= 0.6 is 0 Å². The molecule has 0 heterocycles. The number of nitrogens with zero attached hydrogens (tertiary/aromatic N) is 1. The van der Waals surface area contributed by atoms with Crippen LogP contribution in [0, 0.1) is 5.92 Å². The lowest BCUT2D eigenvalue weighted by molar-refractivity contribution is 0.131. The summed E-state index contributed by atoms with van der Waals surface area (Å²) in [6.07, 6.45) is 7.34. The topological polar surface area (TPSA) is 3.24 Å². The highest BCUT2D eigenvalue weighted by Gasteiger charge is 2.20. The van der Waals surface area contributed by atoms with Crippen molar-refractivity contribution in [3.63, 3.8) is 0 Å². The molecule has 0 unspecified atom stereocenters. The van der Waals surface area contributed by atoms with Gasteiger partial charge in [0.05, 0.1) is 0 Å². The summed E-state index contributed by atoms with van der Waals surface area (Å²) in [5, 5.41) is 0. The predicted octanol–water partition coefficient (Wildman–Crippen LogP) is 3.69. The Kier molecular flexibility index (Phi) is 4.94. The van der Waals surface area contributed by atoms with E-state index < -0.39 is 0 Å². The van der Waals surface area contributed by atoms with Gasteiger partial charge in [0.1, 0.15) is 0 Å². The normalized spacial score (nSPS) is 19.9. The zero-order valence-electron chi connectivity index (χ0n) is 10.4. The molecule has 0 aliphatic heterocycles. The van der Waals surface area contributed by atoms with Gasteiger partial charge in [0.2, 0.25) is 0 Å². The molecule has 14 heavy (non-hydrogen) atoms. The summed E-state index contributed by atoms with van der Waals surface area (Å²) in [7, 11) is 0. The van der Waals surface area contributed by atoms with Gasteiger partial charge in [-0.3, -0.25) is 4.90 Å². The van der Waals surface area contributed by atoms with Crippen LogP contribution in [0.25, 0.3) is 0 Å². The fraction of sp³-hybridized carbons (Fsp3) is 1.00. The molecule has 1 fully saturated rings. The smallest absolute Gasteiger partial charge is 0.00414 e. The lowest BCUT2D eigenvalue weighted by Gasteiger charge is -2.35. The second-order valence-corrected chi connectivity index (χ2v) is 5.39. The van der Waals surface area contributed by atoms with Crippen molar-refractivity contribution < 1.29 is 0 Å². The molecule has 1 aliphatic rings. The van der Waals surface area contributed by atoms with Crippen molar-refractivity contribution in [1.29, 1.82) is 0 Å². The molecule has 1 saturated carbocycles. The average Bonchev–Trinajstić information content (AvgIpc) is 2.15. The molecule has 0 spiro atoms. The van der Waals surface area contributed by atoms with Crippen LogP contribution in [0.1, 0.15) is 59.8 Å². The van der Waals surface area contributed by atoms with E-state index >= 15 is 0 Å². The Balaban J connectivity index is 2.37. The maximum Gasteiger partial charge on any atom is 0.00414 e. The Labute approximate surface area is 89.9 Å². The molecule has 1 aliphatic carbocycles. The summed E-state index contributed by atoms with van der Waals surface area (Å²) in [5.74, 6) is 0.980. The summed E-state index contributed by atoms with van der Waals surface area (Å²) < 4.78 is 0. The Morgan fingerprint density at radius 2 is 1.43 bits per heavy atom. The second-order valence-electron chi connectivity index (χ2n) is 5.39. The molecule has 0 aromatic heterocycles. The van der Waals surface area contributed by atoms with E-state index in [2.05, 4.69) is 32.6 Å². The number of hydrogen-bond donors (Lipinski definition) is 0. The first-order valence-corrected chi connectivity index (χ1v) is 6.37. The van der Waals surface area contributed by atoms with Crippen molar-refractivity contribution in [2.24, 2.45) is 5.92 Å². The van der Waals surface area contributed by atoms with E-state index in [9.17, 15) is 0 Å². The maximum absolute atomic E-state index is 2.65. The minimum atomic E-state index is 0.705. The first kappa shape index (κ1) is 12.0. The van der Waals surface area contributed by atoms with Crippen molar-refractivity contribution in [2.75, 3.05) is 6.54 Å². The fourth-order valence-corrected chi connectivity index (χ4v) is 2.69. The van der Waals surface area contributed by atoms with E-state index in [1.165, 1.54) is 38.6 Å². The molecule has 1 rings (SSSR count). The molecule has 0 amide bonds. The second kappa shape index (κ2) is 5.75. The molecule has 0 atom stereocenters. The fourth-order valence-electron chi connectivity index (χ4n) is 2.69. The van der Waals surface area contributed by atoms with Gasteiger partial charge in [-0.2, -0.15) is 0 Å². The molecule has 0 aromatic carbocycles. The summed E-state index contributed by atoms with van der Waals surface area (Å²) in [4.78, 5) is 2.65. The van der Waals surface area contributed by atoms with Crippen molar-refractivity contribution in [1.82, 2.24) is 4.90 Å². The summed E-state index contributed by atoms with van der Waals surface area (Å²) >= 11 is 0. The third-order valence-electron chi connectivity index (χ3n) is 3.52. The van der Waals surface area contributed by atoms with Crippen LogP contribution in [0.15, 0.2) is 0 Å². The minimum absolute atomic E-state index is 0.705. The Morgan fingerprint density at radius 1 is 0.929 bits per heavy atom. The number of hydrogen-bond acceptors (Lipinski definition) is 1. The monoisotopic (exact) mass is 197 g/mol. The zero-order valence-corrected chi connectivity index (χ0v) is 10.4. The average molecular weight is 197 g/mol. The first-order valence-electron chi connectivity index (χ1n) is 6.37. The van der Waals surface area contributed by atoms with E-state index in [1.807, 2.05) is 0 Å². The molecular weight excluding hydrogens is 170 g/mol. The Bertz CT molecular complexity index is 137. The van der Waals surface area contributed by atoms with Gasteiger partial charge < -0.3 is 0 Å². The third kappa shape index (κ3) is 3.61. The highest BCUT2D eigenvalue weighted by Crippen LogP contribution is 2.25. The van der Waals surface area contributed by atoms with E-state index in [0.717, 1.165) is 5.92 Å². The van der Waals surface area contributed by atoms with Gasteiger partial charge in [0.25, 0.3) is 0 Å². The van der Waals surface area contributed by atoms with Gasteiger partial charge in [-0.15, -0.1) is 0 Å². The first-order chi connectivity index (χ1) is 6.61. The van der Waals surface area contributed by atoms with Crippen LogP contribution in [0.4, 0.5) is 0 Å². The predicted molar refractivity (Wildman–Crippen MR) is 63.6 cm³/mol. The molecule has 1 nitrogen and oxygen atoms in total. The van der Waals surface area contributed by atoms with Crippen LogP contribution in [0.3, 0.4) is 0 Å². The molecule has 0 saturated heterocycles. The van der Waals surface area contributed by atoms with E-state index in [1.54, 1.807) is 0 Å². The molecular formula is C13H27N. The van der Waals surface area contributed by atoms with Gasteiger partial charge in [-0.05, 0) is 46.5 Å². The number of rotatable bonds is 4. The van der Waals surface area contributed by atoms with E-state index in [4.69, 9.17) is 0 Å². The molecule has 0 aromatic rings. The molecule has 0 radical (unpaired) electrons. The highest BCUT2D eigenvalue weighted by molar-refractivity contribution is 4.74. The van der Waals surface area contributed by atoms with Gasteiger partial charge in [0.15, 0.2) is 0 Å². The maximum atomic E-state index is 2.65. The standard InChI is InChI=1S/C13H27N/c1-11(2)14(12(3)4)10-13-8-6-5-7-9-13/h11-13H,5-10H2,1-4H3. The molecule has 0 N–H and O–H groups in total. The van der Waals surface area contributed by atoms with Crippen LogP contribution < -0.4 is 0 Å². The molecule has 0 bridgehead atoms. The van der Waals surface area contributed by atoms with Crippen molar-refractivity contribution >= 4 is 0 Å². The van der Waals surface area contributed by atoms with Crippen molar-refractivity contribution in [2.45, 2.75) is 71.9 Å². The largest absolute Gasteiger partial charge is 0.298 e. The molecule has 84 valence electrons.